The van der Waals surface area contributed by atoms with Crippen molar-refractivity contribution in [1.29, 1.82) is 0 Å². The number of aryl methyl sites for hydroxylation is 2. The Hall–Kier alpha value is -2.23. The monoisotopic (exact) mass is 528 g/mol. The van der Waals surface area contributed by atoms with Gasteiger partial charge in [-0.3, -0.25) is 9.79 Å². The second-order valence-corrected chi connectivity index (χ2v) is 6.79. The van der Waals surface area contributed by atoms with Crippen LogP contribution in [0.3, 0.4) is 0 Å². The van der Waals surface area contributed by atoms with Crippen molar-refractivity contribution >= 4 is 35.8 Å². The van der Waals surface area contributed by atoms with Gasteiger partial charge < -0.3 is 25.1 Å². The van der Waals surface area contributed by atoms with E-state index in [0.717, 1.165) is 43.2 Å². The number of benzene rings is 1. The van der Waals surface area contributed by atoms with Crippen molar-refractivity contribution in [3.63, 3.8) is 0 Å². The lowest BCUT2D eigenvalue weighted by Gasteiger charge is -2.13. The fraction of sp³-hybridized carbons (Fsp3) is 0.455. The van der Waals surface area contributed by atoms with Gasteiger partial charge in [0.25, 0.3) is 5.91 Å². The molecule has 7 nitrogen and oxygen atoms in total. The molecule has 2 aromatic rings. The van der Waals surface area contributed by atoms with Crippen LogP contribution >= 0.6 is 24.0 Å². The van der Waals surface area contributed by atoms with E-state index in [2.05, 4.69) is 33.9 Å². The average molecular weight is 528 g/mol. The summed E-state index contributed by atoms with van der Waals surface area (Å²) >= 11 is 0. The van der Waals surface area contributed by atoms with Gasteiger partial charge in [-0.2, -0.15) is 0 Å². The molecule has 0 bridgehead atoms. The number of methoxy groups -OCH3 is 1. The molecule has 3 N–H and O–H groups in total. The second kappa shape index (κ2) is 13.9. The highest BCUT2D eigenvalue weighted by Gasteiger charge is 2.11. The Kier molecular flexibility index (Phi) is 12.0. The van der Waals surface area contributed by atoms with Crippen molar-refractivity contribution in [1.82, 2.24) is 16.0 Å². The van der Waals surface area contributed by atoms with Crippen LogP contribution in [-0.4, -0.2) is 45.2 Å². The first-order valence-electron chi connectivity index (χ1n) is 10.0. The molecule has 0 atom stereocenters. The highest BCUT2D eigenvalue weighted by Crippen LogP contribution is 2.19. The smallest absolute Gasteiger partial charge is 0.287 e. The van der Waals surface area contributed by atoms with Gasteiger partial charge in [0.15, 0.2) is 11.7 Å². The molecule has 166 valence electrons. The normalized spacial score (nSPS) is 10.9. The molecule has 0 radical (unpaired) electrons. The molecular weight excluding hydrogens is 495 g/mol. The van der Waals surface area contributed by atoms with E-state index in [0.29, 0.717) is 18.8 Å². The summed E-state index contributed by atoms with van der Waals surface area (Å²) < 4.78 is 10.6. The second-order valence-electron chi connectivity index (χ2n) is 6.79. The summed E-state index contributed by atoms with van der Waals surface area (Å²) in [4.78, 5) is 16.6. The Morgan fingerprint density at radius 1 is 1.13 bits per heavy atom. The van der Waals surface area contributed by atoms with Crippen molar-refractivity contribution in [2.45, 2.75) is 33.6 Å². The zero-order valence-electron chi connectivity index (χ0n) is 18.2. The predicted molar refractivity (Wildman–Crippen MR) is 131 cm³/mol. The van der Waals surface area contributed by atoms with Crippen LogP contribution in [0.25, 0.3) is 0 Å². The summed E-state index contributed by atoms with van der Waals surface area (Å²) in [5.74, 6) is 1.86. The van der Waals surface area contributed by atoms with Crippen LogP contribution in [0.4, 0.5) is 0 Å². The summed E-state index contributed by atoms with van der Waals surface area (Å²) in [6.07, 6.45) is 3.11. The van der Waals surface area contributed by atoms with E-state index in [4.69, 9.17) is 9.15 Å². The fourth-order valence-electron chi connectivity index (χ4n) is 2.92. The lowest BCUT2D eigenvalue weighted by molar-refractivity contribution is 0.0925. The Morgan fingerprint density at radius 2 is 1.93 bits per heavy atom. The minimum Gasteiger partial charge on any atom is -0.496 e. The summed E-state index contributed by atoms with van der Waals surface area (Å²) in [6, 6.07) is 7.98. The van der Waals surface area contributed by atoms with E-state index in [1.54, 1.807) is 13.2 Å². The number of nitrogens with one attached hydrogen (secondary N) is 3. The molecule has 0 fully saturated rings. The molecule has 8 heteroatoms. The molecular formula is C22H33IN4O3. The molecule has 0 spiro atoms. The first kappa shape index (κ1) is 25.8. The maximum atomic E-state index is 12.0. The number of furan rings is 1. The third-order valence-corrected chi connectivity index (χ3v) is 4.43. The van der Waals surface area contributed by atoms with Crippen LogP contribution in [0.2, 0.25) is 0 Å². The highest BCUT2D eigenvalue weighted by atomic mass is 127. The number of ether oxygens (including phenoxy) is 1. The Morgan fingerprint density at radius 3 is 2.60 bits per heavy atom. The average Bonchev–Trinajstić information content (AvgIpc) is 3.13. The molecule has 0 aliphatic carbocycles. The molecule has 0 aliphatic heterocycles. The summed E-state index contributed by atoms with van der Waals surface area (Å²) in [7, 11) is 1.69. The van der Waals surface area contributed by atoms with Crippen LogP contribution in [0, 0.1) is 13.8 Å². The summed E-state index contributed by atoms with van der Waals surface area (Å²) in [6.45, 7) is 8.65. The summed E-state index contributed by atoms with van der Waals surface area (Å²) in [5.41, 5.74) is 3.23. The predicted octanol–water partition coefficient (Wildman–Crippen LogP) is 3.44. The van der Waals surface area contributed by atoms with E-state index in [-0.39, 0.29) is 29.9 Å². The number of halogens is 1. The third kappa shape index (κ3) is 8.25. The number of carbonyl (C=O) groups excluding carboxylic acids is 1. The number of nitrogens with zero attached hydrogens (tertiary/aromatic N) is 1. The van der Waals surface area contributed by atoms with Crippen molar-refractivity contribution in [3.05, 3.63) is 53.0 Å². The number of amides is 1. The van der Waals surface area contributed by atoms with Crippen LogP contribution in [0.15, 0.2) is 39.9 Å². The molecule has 1 aromatic carbocycles. The van der Waals surface area contributed by atoms with Crippen LogP contribution < -0.4 is 20.7 Å². The standard InChI is InChI=1S/C22H32N4O3.HI/c1-5-23-22(26-13-9-18-15-16(2)7-8-19(18)28-4)25-12-6-11-24-21(27)20-17(3)10-14-29-20;/h7-8,10,14-15H,5-6,9,11-13H2,1-4H3,(H,24,27)(H2,23,25,26);1H. The topological polar surface area (TPSA) is 87.9 Å². The van der Waals surface area contributed by atoms with Gasteiger partial charge in [0.1, 0.15) is 5.75 Å². The van der Waals surface area contributed by atoms with Gasteiger partial charge in [0, 0.05) is 31.7 Å². The van der Waals surface area contributed by atoms with Gasteiger partial charge in [-0.05, 0) is 51.3 Å². The molecule has 1 amide bonds. The van der Waals surface area contributed by atoms with Gasteiger partial charge in [-0.1, -0.05) is 17.7 Å². The first-order chi connectivity index (χ1) is 14.0. The first-order valence-corrected chi connectivity index (χ1v) is 10.0. The number of carbonyl (C=O) groups is 1. The molecule has 0 saturated carbocycles. The summed E-state index contributed by atoms with van der Waals surface area (Å²) in [5, 5.41) is 9.45. The van der Waals surface area contributed by atoms with Crippen molar-refractivity contribution in [3.8, 4) is 5.75 Å². The van der Waals surface area contributed by atoms with Crippen molar-refractivity contribution in [2.24, 2.45) is 4.99 Å². The largest absolute Gasteiger partial charge is 0.496 e. The SMILES string of the molecule is CCNC(=NCCCNC(=O)c1occc1C)NCCc1cc(C)ccc1OC.I. The molecule has 0 saturated heterocycles. The highest BCUT2D eigenvalue weighted by molar-refractivity contribution is 14.0. The maximum absolute atomic E-state index is 12.0. The lowest BCUT2D eigenvalue weighted by atomic mass is 10.1. The van der Waals surface area contributed by atoms with Gasteiger partial charge in [0.05, 0.1) is 13.4 Å². The molecule has 1 aromatic heterocycles. The molecule has 0 unspecified atom stereocenters. The van der Waals surface area contributed by atoms with Gasteiger partial charge in [0.2, 0.25) is 0 Å². The van der Waals surface area contributed by atoms with Gasteiger partial charge in [-0.25, -0.2) is 0 Å². The number of guanidine groups is 1. The molecule has 1 heterocycles. The Bertz CT molecular complexity index is 820. The van der Waals surface area contributed by atoms with Crippen LogP contribution in [0.1, 0.15) is 40.6 Å². The minimum absolute atomic E-state index is 0. The molecule has 30 heavy (non-hydrogen) atoms. The van der Waals surface area contributed by atoms with Gasteiger partial charge in [-0.15, -0.1) is 24.0 Å². The number of rotatable bonds is 10. The number of hydrogen-bond acceptors (Lipinski definition) is 4. The third-order valence-electron chi connectivity index (χ3n) is 4.43. The zero-order chi connectivity index (χ0) is 21.1. The quantitative estimate of drug-likeness (QED) is 0.190. The van der Waals surface area contributed by atoms with E-state index < -0.39 is 0 Å². The van der Waals surface area contributed by atoms with E-state index >= 15 is 0 Å². The molecule has 0 aliphatic rings. The lowest BCUT2D eigenvalue weighted by Crippen LogP contribution is -2.38. The maximum Gasteiger partial charge on any atom is 0.287 e. The molecule has 2 rings (SSSR count). The van der Waals surface area contributed by atoms with E-state index in [1.165, 1.54) is 17.4 Å². The van der Waals surface area contributed by atoms with Crippen molar-refractivity contribution < 1.29 is 13.9 Å². The van der Waals surface area contributed by atoms with E-state index in [1.807, 2.05) is 26.0 Å². The Labute approximate surface area is 196 Å². The van der Waals surface area contributed by atoms with Crippen LogP contribution in [0.5, 0.6) is 5.75 Å². The van der Waals surface area contributed by atoms with E-state index in [9.17, 15) is 4.79 Å². The van der Waals surface area contributed by atoms with Crippen molar-refractivity contribution in [2.75, 3.05) is 33.3 Å². The fourth-order valence-corrected chi connectivity index (χ4v) is 2.92. The van der Waals surface area contributed by atoms with Gasteiger partial charge >= 0.3 is 0 Å². The number of aliphatic imine (C=N–C) groups is 1. The zero-order valence-corrected chi connectivity index (χ0v) is 20.5. The Balaban J connectivity index is 0.00000450. The number of hydrogen-bond donors (Lipinski definition) is 3. The van der Waals surface area contributed by atoms with Crippen LogP contribution in [-0.2, 0) is 6.42 Å². The minimum atomic E-state index is -0.186.